The second-order valence-corrected chi connectivity index (χ2v) is 6.69. The van der Waals surface area contributed by atoms with Crippen LogP contribution in [0.5, 0.6) is 11.5 Å². The molecule has 0 N–H and O–H groups in total. The van der Waals surface area contributed by atoms with Crippen LogP contribution >= 0.6 is 0 Å². The van der Waals surface area contributed by atoms with Crippen LogP contribution in [0.25, 0.3) is 11.3 Å². The number of hydrogen-bond acceptors (Lipinski definition) is 4. The van der Waals surface area contributed by atoms with Gasteiger partial charge in [0.1, 0.15) is 28.8 Å². The third-order valence-corrected chi connectivity index (χ3v) is 4.64. The van der Waals surface area contributed by atoms with Gasteiger partial charge >= 0.3 is 0 Å². The van der Waals surface area contributed by atoms with Crippen molar-refractivity contribution < 1.29 is 23.0 Å². The lowest BCUT2D eigenvalue weighted by molar-refractivity contribution is -0.133. The quantitative estimate of drug-likeness (QED) is 0.670. The molecule has 0 aliphatic carbocycles. The molecule has 0 spiro atoms. The third-order valence-electron chi connectivity index (χ3n) is 4.64. The maximum Gasteiger partial charge on any atom is 0.261 e. The lowest BCUT2D eigenvalue weighted by Crippen LogP contribution is -2.32. The summed E-state index contributed by atoms with van der Waals surface area (Å²) in [5, 5.41) is 0. The van der Waals surface area contributed by atoms with Gasteiger partial charge in [0.05, 0.1) is 19.3 Å². The minimum absolute atomic E-state index is 0.105. The Balaban J connectivity index is 1.64. The zero-order chi connectivity index (χ0) is 20.4. The number of methoxy groups -OCH3 is 1. The molecule has 0 atom stereocenters. The molecule has 0 unspecified atom stereocenters. The van der Waals surface area contributed by atoms with Crippen LogP contribution in [-0.2, 0) is 17.9 Å². The molecular weight excluding hydrogens is 378 g/mol. The summed E-state index contributed by atoms with van der Waals surface area (Å²) in [5.41, 5.74) is 2.16. The van der Waals surface area contributed by atoms with Crippen LogP contribution in [-0.4, -0.2) is 29.5 Å². The summed E-state index contributed by atoms with van der Waals surface area (Å²) in [6.07, 6.45) is 0. The highest BCUT2D eigenvalue weighted by atomic mass is 19.1. The van der Waals surface area contributed by atoms with Gasteiger partial charge in [0.25, 0.3) is 5.91 Å². The summed E-state index contributed by atoms with van der Waals surface area (Å²) in [6, 6.07) is 14.0. The number of benzene rings is 2. The number of fused-ring (bicyclic) bond motifs is 1. The van der Waals surface area contributed by atoms with Crippen LogP contribution in [0.1, 0.15) is 11.3 Å². The van der Waals surface area contributed by atoms with Crippen molar-refractivity contribution in [3.8, 4) is 22.8 Å². The number of carbonyl (C=O) groups excluding carboxylic acids is 1. The van der Waals surface area contributed by atoms with Crippen molar-refractivity contribution in [1.29, 1.82) is 0 Å². The number of amides is 1. The van der Waals surface area contributed by atoms with Gasteiger partial charge in [0.2, 0.25) is 0 Å². The fourth-order valence-electron chi connectivity index (χ4n) is 3.23. The number of carbonyl (C=O) groups is 1. The van der Waals surface area contributed by atoms with Crippen LogP contribution in [0.15, 0.2) is 54.6 Å². The van der Waals surface area contributed by atoms with E-state index in [0.717, 1.165) is 11.6 Å². The number of rotatable bonds is 4. The minimum atomic E-state index is -0.678. The summed E-state index contributed by atoms with van der Waals surface area (Å²) in [7, 11) is 1.58. The van der Waals surface area contributed by atoms with Gasteiger partial charge in [0, 0.05) is 18.2 Å². The van der Waals surface area contributed by atoms with Crippen molar-refractivity contribution in [2.24, 2.45) is 0 Å². The maximum absolute atomic E-state index is 13.6. The third kappa shape index (κ3) is 4.18. The van der Waals surface area contributed by atoms with E-state index in [1.54, 1.807) is 24.1 Å². The number of hydrogen-bond donors (Lipinski definition) is 0. The monoisotopic (exact) mass is 396 g/mol. The second kappa shape index (κ2) is 7.87. The van der Waals surface area contributed by atoms with Crippen LogP contribution in [0, 0.1) is 11.6 Å². The van der Waals surface area contributed by atoms with Crippen molar-refractivity contribution in [3.63, 3.8) is 0 Å². The fourth-order valence-corrected chi connectivity index (χ4v) is 3.23. The number of ether oxygens (including phenoxy) is 2. The van der Waals surface area contributed by atoms with Gasteiger partial charge < -0.3 is 14.4 Å². The molecule has 7 heteroatoms. The molecule has 4 rings (SSSR count). The van der Waals surface area contributed by atoms with E-state index in [4.69, 9.17) is 9.47 Å². The molecular formula is C22H18F2N2O3. The van der Waals surface area contributed by atoms with Gasteiger partial charge in [-0.2, -0.15) is 0 Å². The van der Waals surface area contributed by atoms with Gasteiger partial charge in [-0.3, -0.25) is 4.79 Å². The summed E-state index contributed by atoms with van der Waals surface area (Å²) in [5.74, 6) is -0.350. The summed E-state index contributed by atoms with van der Waals surface area (Å²) in [6.45, 7) is 0.475. The van der Waals surface area contributed by atoms with E-state index in [-0.39, 0.29) is 19.1 Å². The first-order valence-electron chi connectivity index (χ1n) is 9.02. The molecule has 148 valence electrons. The first-order valence-corrected chi connectivity index (χ1v) is 9.02. The van der Waals surface area contributed by atoms with E-state index < -0.39 is 11.6 Å². The predicted octanol–water partition coefficient (Wildman–Crippen LogP) is 3.96. The lowest BCUT2D eigenvalue weighted by Gasteiger charge is -2.20. The highest BCUT2D eigenvalue weighted by Gasteiger charge is 2.23. The SMILES string of the molecule is COc1cccc(CN2Cc3nc(-c4cc(F)cc(F)c4)ccc3OCC2=O)c1. The zero-order valence-corrected chi connectivity index (χ0v) is 15.7. The summed E-state index contributed by atoms with van der Waals surface area (Å²) < 4.78 is 38.0. The molecule has 0 saturated heterocycles. The number of halogens is 2. The molecule has 1 aliphatic heterocycles. The van der Waals surface area contributed by atoms with E-state index in [1.165, 1.54) is 12.1 Å². The van der Waals surface area contributed by atoms with Crippen molar-refractivity contribution in [1.82, 2.24) is 9.88 Å². The first kappa shape index (κ1) is 18.9. The van der Waals surface area contributed by atoms with Crippen molar-refractivity contribution in [2.75, 3.05) is 13.7 Å². The minimum Gasteiger partial charge on any atom is -0.497 e. The molecule has 1 amide bonds. The van der Waals surface area contributed by atoms with E-state index in [0.29, 0.717) is 35.0 Å². The average molecular weight is 396 g/mol. The van der Waals surface area contributed by atoms with Crippen LogP contribution in [0.3, 0.4) is 0 Å². The molecule has 3 aromatic rings. The smallest absolute Gasteiger partial charge is 0.261 e. The Morgan fingerprint density at radius 3 is 2.66 bits per heavy atom. The Kier molecular flexibility index (Phi) is 5.12. The fraction of sp³-hybridized carbons (Fsp3) is 0.182. The molecule has 29 heavy (non-hydrogen) atoms. The Hall–Kier alpha value is -3.48. The van der Waals surface area contributed by atoms with Gasteiger partial charge in [-0.1, -0.05) is 12.1 Å². The standard InChI is InChI=1S/C22H18F2N2O3/c1-28-18-4-2-3-14(7-18)11-26-12-20-21(29-13-22(26)27)6-5-19(25-20)15-8-16(23)10-17(24)9-15/h2-10H,11-13H2,1H3. The molecule has 5 nitrogen and oxygen atoms in total. The van der Waals surface area contributed by atoms with E-state index in [1.807, 2.05) is 24.3 Å². The molecule has 0 saturated carbocycles. The molecule has 0 bridgehead atoms. The van der Waals surface area contributed by atoms with E-state index in [9.17, 15) is 13.6 Å². The average Bonchev–Trinajstić information content (AvgIpc) is 2.86. The first-order chi connectivity index (χ1) is 14.0. The van der Waals surface area contributed by atoms with Gasteiger partial charge in [0.15, 0.2) is 6.61 Å². The highest BCUT2D eigenvalue weighted by Crippen LogP contribution is 2.28. The second-order valence-electron chi connectivity index (χ2n) is 6.69. The molecule has 1 aromatic heterocycles. The summed E-state index contributed by atoms with van der Waals surface area (Å²) >= 11 is 0. The van der Waals surface area contributed by atoms with Gasteiger partial charge in [-0.25, -0.2) is 13.8 Å². The Morgan fingerprint density at radius 1 is 1.10 bits per heavy atom. The van der Waals surface area contributed by atoms with Gasteiger partial charge in [-0.15, -0.1) is 0 Å². The number of aromatic nitrogens is 1. The van der Waals surface area contributed by atoms with Crippen molar-refractivity contribution in [2.45, 2.75) is 13.1 Å². The Morgan fingerprint density at radius 2 is 1.90 bits per heavy atom. The molecule has 2 heterocycles. The molecule has 0 fully saturated rings. The topological polar surface area (TPSA) is 51.7 Å². The lowest BCUT2D eigenvalue weighted by atomic mass is 10.1. The van der Waals surface area contributed by atoms with Crippen LogP contribution < -0.4 is 9.47 Å². The Bertz CT molecular complexity index is 1050. The zero-order valence-electron chi connectivity index (χ0n) is 15.7. The largest absolute Gasteiger partial charge is 0.497 e. The van der Waals surface area contributed by atoms with Crippen molar-refractivity contribution >= 4 is 5.91 Å². The van der Waals surface area contributed by atoms with Crippen LogP contribution in [0.2, 0.25) is 0 Å². The highest BCUT2D eigenvalue weighted by molar-refractivity contribution is 5.78. The normalized spacial score (nSPS) is 13.5. The Labute approximate surface area is 166 Å². The molecule has 1 aliphatic rings. The number of nitrogens with zero attached hydrogens (tertiary/aromatic N) is 2. The molecule has 0 radical (unpaired) electrons. The number of pyridine rings is 1. The summed E-state index contributed by atoms with van der Waals surface area (Å²) in [4.78, 5) is 18.7. The predicted molar refractivity (Wildman–Crippen MR) is 102 cm³/mol. The van der Waals surface area contributed by atoms with E-state index >= 15 is 0 Å². The molecule has 2 aromatic carbocycles. The van der Waals surface area contributed by atoms with Crippen LogP contribution in [0.4, 0.5) is 8.78 Å². The maximum atomic E-state index is 13.6. The van der Waals surface area contributed by atoms with Crippen molar-refractivity contribution in [3.05, 3.63) is 77.5 Å². The van der Waals surface area contributed by atoms with E-state index in [2.05, 4.69) is 4.98 Å². The van der Waals surface area contributed by atoms with Gasteiger partial charge in [-0.05, 0) is 42.0 Å².